The summed E-state index contributed by atoms with van der Waals surface area (Å²) < 4.78 is 0. The molecule has 1 aromatic rings. The second kappa shape index (κ2) is 6.00. The molecule has 0 bridgehead atoms. The second-order valence-corrected chi connectivity index (χ2v) is 5.68. The zero-order valence-electron chi connectivity index (χ0n) is 11.6. The van der Waals surface area contributed by atoms with E-state index in [-0.39, 0.29) is 18.2 Å². The van der Waals surface area contributed by atoms with Crippen LogP contribution in [0.2, 0.25) is 0 Å². The fourth-order valence-corrected chi connectivity index (χ4v) is 2.49. The van der Waals surface area contributed by atoms with Gasteiger partial charge in [-0.15, -0.1) is 0 Å². The Morgan fingerprint density at radius 2 is 2.00 bits per heavy atom. The summed E-state index contributed by atoms with van der Waals surface area (Å²) in [5.74, 6) is 1.14. The van der Waals surface area contributed by atoms with Gasteiger partial charge in [-0.2, -0.15) is 0 Å². The maximum atomic E-state index is 12.0. The number of hydrogen-bond donors (Lipinski definition) is 0. The first-order valence-corrected chi connectivity index (χ1v) is 6.89. The molecular formula is C16H21NO2. The number of likely N-dealkylation sites (tertiary alicyclic amines) is 1. The molecule has 3 heteroatoms. The van der Waals surface area contributed by atoms with E-state index in [0.29, 0.717) is 24.7 Å². The molecule has 1 aromatic carbocycles. The van der Waals surface area contributed by atoms with Gasteiger partial charge in [0.05, 0.1) is 6.54 Å². The monoisotopic (exact) mass is 259 g/mol. The first-order chi connectivity index (χ1) is 9.06. The van der Waals surface area contributed by atoms with Gasteiger partial charge in [-0.05, 0) is 17.4 Å². The van der Waals surface area contributed by atoms with E-state index < -0.39 is 0 Å². The summed E-state index contributed by atoms with van der Waals surface area (Å²) >= 11 is 0. The number of carbonyl (C=O) groups excluding carboxylic acids is 2. The van der Waals surface area contributed by atoms with Gasteiger partial charge in [0, 0.05) is 19.4 Å². The number of amides is 1. The molecule has 0 aromatic heterocycles. The predicted octanol–water partition coefficient (Wildman–Crippen LogP) is 2.30. The number of hydrogen-bond acceptors (Lipinski definition) is 2. The van der Waals surface area contributed by atoms with Gasteiger partial charge in [-0.25, -0.2) is 0 Å². The minimum absolute atomic E-state index is 0.115. The van der Waals surface area contributed by atoms with Crippen LogP contribution in [0.3, 0.4) is 0 Å². The van der Waals surface area contributed by atoms with Crippen molar-refractivity contribution < 1.29 is 9.59 Å². The average molecular weight is 259 g/mol. The average Bonchev–Trinajstić information content (AvgIpc) is 2.72. The number of nitrogens with zero attached hydrogens (tertiary/aromatic N) is 1. The van der Waals surface area contributed by atoms with Crippen molar-refractivity contribution in [1.29, 1.82) is 0 Å². The molecule has 1 fully saturated rings. The SMILES string of the molecule is CC(C)C1CC(=O)N(CC(=O)Cc2ccccc2)C1. The number of ketones is 1. The van der Waals surface area contributed by atoms with E-state index in [1.54, 1.807) is 4.90 Å². The second-order valence-electron chi connectivity index (χ2n) is 5.68. The molecule has 1 saturated heterocycles. The van der Waals surface area contributed by atoms with Gasteiger partial charge in [0.25, 0.3) is 0 Å². The number of carbonyl (C=O) groups is 2. The highest BCUT2D eigenvalue weighted by Gasteiger charge is 2.32. The summed E-state index contributed by atoms with van der Waals surface area (Å²) in [5.41, 5.74) is 1.01. The van der Waals surface area contributed by atoms with Crippen molar-refractivity contribution in [1.82, 2.24) is 4.90 Å². The Morgan fingerprint density at radius 3 is 2.58 bits per heavy atom. The van der Waals surface area contributed by atoms with Crippen molar-refractivity contribution in [3.63, 3.8) is 0 Å². The third-order valence-corrected chi connectivity index (χ3v) is 3.80. The molecule has 0 spiro atoms. The van der Waals surface area contributed by atoms with Crippen LogP contribution in [0, 0.1) is 11.8 Å². The fourth-order valence-electron chi connectivity index (χ4n) is 2.49. The van der Waals surface area contributed by atoms with Gasteiger partial charge in [-0.1, -0.05) is 44.2 Å². The maximum Gasteiger partial charge on any atom is 0.223 e. The Morgan fingerprint density at radius 1 is 1.32 bits per heavy atom. The minimum atomic E-state index is 0.115. The summed E-state index contributed by atoms with van der Waals surface area (Å²) in [6, 6.07) is 9.68. The lowest BCUT2D eigenvalue weighted by atomic mass is 9.95. The topological polar surface area (TPSA) is 37.4 Å². The Labute approximate surface area is 114 Å². The fraction of sp³-hybridized carbons (Fsp3) is 0.500. The highest BCUT2D eigenvalue weighted by molar-refractivity contribution is 5.88. The molecule has 0 N–H and O–H groups in total. The Balaban J connectivity index is 1.88. The molecule has 2 rings (SSSR count). The normalized spacial score (nSPS) is 19.2. The van der Waals surface area contributed by atoms with Crippen molar-refractivity contribution in [3.05, 3.63) is 35.9 Å². The first kappa shape index (κ1) is 13.8. The van der Waals surface area contributed by atoms with E-state index in [1.165, 1.54) is 0 Å². The molecule has 1 aliphatic heterocycles. The lowest BCUT2D eigenvalue weighted by Gasteiger charge is -2.17. The summed E-state index contributed by atoms with van der Waals surface area (Å²) in [6.45, 7) is 5.26. The molecule has 1 unspecified atom stereocenters. The molecule has 102 valence electrons. The lowest BCUT2D eigenvalue weighted by Crippen LogP contribution is -2.32. The summed E-state index contributed by atoms with van der Waals surface area (Å²) in [4.78, 5) is 25.6. The van der Waals surface area contributed by atoms with Crippen molar-refractivity contribution in [3.8, 4) is 0 Å². The zero-order valence-corrected chi connectivity index (χ0v) is 11.6. The van der Waals surface area contributed by atoms with Crippen LogP contribution in [0.25, 0.3) is 0 Å². The first-order valence-electron chi connectivity index (χ1n) is 6.89. The van der Waals surface area contributed by atoms with Gasteiger partial charge >= 0.3 is 0 Å². The van der Waals surface area contributed by atoms with Crippen LogP contribution >= 0.6 is 0 Å². The Hall–Kier alpha value is -1.64. The van der Waals surface area contributed by atoms with E-state index in [1.807, 2.05) is 30.3 Å². The van der Waals surface area contributed by atoms with Crippen molar-refractivity contribution in [2.75, 3.05) is 13.1 Å². The van der Waals surface area contributed by atoms with Crippen molar-refractivity contribution >= 4 is 11.7 Å². The van der Waals surface area contributed by atoms with Gasteiger partial charge in [-0.3, -0.25) is 9.59 Å². The standard InChI is InChI=1S/C16H21NO2/c1-12(2)14-9-16(19)17(10-14)11-15(18)8-13-6-4-3-5-7-13/h3-7,12,14H,8-11H2,1-2H3. The number of benzene rings is 1. The highest BCUT2D eigenvalue weighted by Crippen LogP contribution is 2.24. The van der Waals surface area contributed by atoms with E-state index in [9.17, 15) is 9.59 Å². The van der Waals surface area contributed by atoms with E-state index in [4.69, 9.17) is 0 Å². The summed E-state index contributed by atoms with van der Waals surface area (Å²) in [5, 5.41) is 0. The molecule has 1 heterocycles. The Bertz CT molecular complexity index is 453. The highest BCUT2D eigenvalue weighted by atomic mass is 16.2. The molecular weight excluding hydrogens is 238 g/mol. The van der Waals surface area contributed by atoms with Gasteiger partial charge in [0.15, 0.2) is 5.78 Å². The zero-order chi connectivity index (χ0) is 13.8. The molecule has 0 saturated carbocycles. The molecule has 1 aliphatic rings. The Kier molecular flexibility index (Phi) is 4.35. The van der Waals surface area contributed by atoms with Crippen LogP contribution in [-0.4, -0.2) is 29.7 Å². The van der Waals surface area contributed by atoms with Crippen LogP contribution in [0.5, 0.6) is 0 Å². The van der Waals surface area contributed by atoms with E-state index in [0.717, 1.165) is 12.1 Å². The molecule has 19 heavy (non-hydrogen) atoms. The molecule has 1 amide bonds. The smallest absolute Gasteiger partial charge is 0.223 e. The maximum absolute atomic E-state index is 12.0. The van der Waals surface area contributed by atoms with Crippen LogP contribution in [0.4, 0.5) is 0 Å². The van der Waals surface area contributed by atoms with Crippen LogP contribution in [0.1, 0.15) is 25.8 Å². The van der Waals surface area contributed by atoms with Gasteiger partial charge < -0.3 is 4.90 Å². The summed E-state index contributed by atoms with van der Waals surface area (Å²) in [6.07, 6.45) is 1.01. The largest absolute Gasteiger partial charge is 0.335 e. The van der Waals surface area contributed by atoms with Gasteiger partial charge in [0.2, 0.25) is 5.91 Å². The lowest BCUT2D eigenvalue weighted by molar-refractivity contribution is -0.132. The van der Waals surface area contributed by atoms with Crippen LogP contribution in [-0.2, 0) is 16.0 Å². The molecule has 0 radical (unpaired) electrons. The van der Waals surface area contributed by atoms with Crippen molar-refractivity contribution in [2.24, 2.45) is 11.8 Å². The number of Topliss-reactive ketones (excluding diaryl/α,β-unsaturated/α-hetero) is 1. The quantitative estimate of drug-likeness (QED) is 0.813. The van der Waals surface area contributed by atoms with E-state index in [2.05, 4.69) is 13.8 Å². The van der Waals surface area contributed by atoms with Crippen molar-refractivity contribution in [2.45, 2.75) is 26.7 Å². The molecule has 0 aliphatic carbocycles. The minimum Gasteiger partial charge on any atom is -0.335 e. The van der Waals surface area contributed by atoms with E-state index >= 15 is 0 Å². The van der Waals surface area contributed by atoms with Crippen LogP contribution < -0.4 is 0 Å². The molecule has 1 atom stereocenters. The third-order valence-electron chi connectivity index (χ3n) is 3.80. The third kappa shape index (κ3) is 3.66. The summed E-state index contributed by atoms with van der Waals surface area (Å²) in [7, 11) is 0. The van der Waals surface area contributed by atoms with Gasteiger partial charge in [0.1, 0.15) is 0 Å². The molecule has 3 nitrogen and oxygen atoms in total. The number of rotatable bonds is 5. The van der Waals surface area contributed by atoms with Crippen LogP contribution in [0.15, 0.2) is 30.3 Å². The predicted molar refractivity (Wildman–Crippen MR) is 74.7 cm³/mol.